The number of hydrogen-bond acceptors (Lipinski definition) is 14. The van der Waals surface area contributed by atoms with Crippen LogP contribution in [-0.2, 0) is 39.9 Å². The molecule has 53 heavy (non-hydrogen) atoms. The number of aryl methyl sites for hydroxylation is 1. The first-order valence-corrected chi connectivity index (χ1v) is 15.9. The van der Waals surface area contributed by atoms with Gasteiger partial charge in [0, 0.05) is 30.9 Å². The molecule has 2 saturated heterocycles. The number of aromatic nitrogens is 4. The summed E-state index contributed by atoms with van der Waals surface area (Å²) in [7, 11) is 0. The molecule has 4 heterocycles. The van der Waals surface area contributed by atoms with Crippen LogP contribution in [0.4, 0.5) is 28.2 Å². The van der Waals surface area contributed by atoms with Crippen molar-refractivity contribution in [3.05, 3.63) is 87.1 Å². The van der Waals surface area contributed by atoms with E-state index in [2.05, 4.69) is 15.3 Å². The quantitative estimate of drug-likeness (QED) is 0.128. The van der Waals surface area contributed by atoms with Gasteiger partial charge in [0.15, 0.2) is 12.2 Å². The third-order valence-electron chi connectivity index (χ3n) is 8.09. The lowest BCUT2D eigenvalue weighted by Gasteiger charge is -2.21. The van der Waals surface area contributed by atoms with E-state index in [0.29, 0.717) is 14.7 Å². The van der Waals surface area contributed by atoms with Gasteiger partial charge in [-0.15, -0.1) is 0 Å². The summed E-state index contributed by atoms with van der Waals surface area (Å²) in [5.74, 6) is -10.2. The van der Waals surface area contributed by atoms with Gasteiger partial charge in [0.1, 0.15) is 37.8 Å². The predicted molar refractivity (Wildman–Crippen MR) is 167 cm³/mol. The van der Waals surface area contributed by atoms with Gasteiger partial charge in [-0.2, -0.15) is 27.5 Å². The highest BCUT2D eigenvalue weighted by Crippen LogP contribution is 2.43. The second-order valence-corrected chi connectivity index (χ2v) is 12.0. The molecule has 3 aromatic rings. The van der Waals surface area contributed by atoms with Crippen LogP contribution in [-0.4, -0.2) is 96.8 Å². The van der Waals surface area contributed by atoms with Crippen LogP contribution in [0.3, 0.4) is 0 Å². The fourth-order valence-electron chi connectivity index (χ4n) is 5.28. The van der Waals surface area contributed by atoms with E-state index in [0.717, 1.165) is 18.5 Å². The number of alkyl halides is 4. The van der Waals surface area contributed by atoms with Gasteiger partial charge in [-0.1, -0.05) is 30.3 Å². The number of aliphatic hydroxyl groups excluding tert-OH is 2. The summed E-state index contributed by atoms with van der Waals surface area (Å²) >= 11 is 0. The average Bonchev–Trinajstić information content (AvgIpc) is 3.47. The molecule has 0 bridgehead atoms. The fraction of sp³-hybridized carbons (Fsp3) is 0.469. The third-order valence-corrected chi connectivity index (χ3v) is 8.09. The first kappa shape index (κ1) is 39.0. The highest BCUT2D eigenvalue weighted by Gasteiger charge is 2.61. The van der Waals surface area contributed by atoms with Crippen LogP contribution in [0.5, 0.6) is 0 Å². The summed E-state index contributed by atoms with van der Waals surface area (Å²) in [6, 6.07) is 11.0. The summed E-state index contributed by atoms with van der Waals surface area (Å²) in [6.45, 7) is -0.286. The minimum absolute atomic E-state index is 0.0870. The van der Waals surface area contributed by atoms with E-state index in [1.54, 1.807) is 30.3 Å². The molecule has 2 aromatic heterocycles. The second kappa shape index (κ2) is 16.2. The lowest BCUT2D eigenvalue weighted by Crippen LogP contribution is -2.42. The summed E-state index contributed by atoms with van der Waals surface area (Å²) in [4.78, 5) is 68.2. The molecular weight excluding hydrogens is 722 g/mol. The molecule has 286 valence electrons. The molecule has 17 nitrogen and oxygen atoms in total. The number of hydrogen-bond donors (Lipinski definition) is 3. The van der Waals surface area contributed by atoms with Crippen molar-refractivity contribution in [3.8, 4) is 0 Å². The largest absolute Gasteiger partial charge is 0.463 e. The number of nitrogens with zero attached hydrogens (tertiary/aromatic N) is 4. The molecule has 2 aliphatic rings. The molecule has 6 atom stereocenters. The Kier molecular flexibility index (Phi) is 11.9. The van der Waals surface area contributed by atoms with Gasteiger partial charge in [-0.05, 0) is 31.0 Å². The summed E-state index contributed by atoms with van der Waals surface area (Å²) in [5.41, 5.74) is -1.35. The van der Waals surface area contributed by atoms with Crippen molar-refractivity contribution >= 4 is 23.8 Å². The molecule has 3 N–H and O–H groups in total. The van der Waals surface area contributed by atoms with Crippen molar-refractivity contribution in [2.24, 2.45) is 0 Å². The number of carbonyl (C=O) groups is 3. The van der Waals surface area contributed by atoms with Crippen molar-refractivity contribution in [1.82, 2.24) is 19.1 Å². The van der Waals surface area contributed by atoms with Crippen LogP contribution in [0.2, 0.25) is 0 Å². The minimum atomic E-state index is -4.05. The Morgan fingerprint density at radius 2 is 1.30 bits per heavy atom. The van der Waals surface area contributed by atoms with E-state index in [1.807, 2.05) is 0 Å². The van der Waals surface area contributed by atoms with E-state index in [4.69, 9.17) is 23.7 Å². The minimum Gasteiger partial charge on any atom is -0.463 e. The zero-order valence-electron chi connectivity index (χ0n) is 27.7. The van der Waals surface area contributed by atoms with E-state index >= 15 is 0 Å². The molecule has 2 fully saturated rings. The van der Waals surface area contributed by atoms with E-state index < -0.39 is 104 Å². The topological polar surface area (TPSA) is 220 Å². The highest BCUT2D eigenvalue weighted by atomic mass is 19.3. The van der Waals surface area contributed by atoms with Gasteiger partial charge < -0.3 is 33.9 Å². The van der Waals surface area contributed by atoms with Crippen molar-refractivity contribution in [2.45, 2.75) is 81.5 Å². The Morgan fingerprint density at radius 3 is 1.81 bits per heavy atom. The molecule has 0 spiro atoms. The standard InChI is InChI=1S/C32H33F4N5O12/c1-17-10-12-40(28(46)37-17)26-31(33,34)24(44)19(52-26)15-49-22(42)8-5-9-23(43)50-16-20-25(45)32(35,36)27(53-20)41-13-11-21(38-29(41)47)39-30(48)51-14-18-6-3-2-4-7-18/h2-4,6-7,10-13,19-20,24-27,44-45H,5,8-9,14-16H2,1H3,(H,38,39,47,48)/t19-,20-,24-,25-,26-,27-/m1/s1. The molecule has 21 heteroatoms. The average molecular weight is 756 g/mol. The van der Waals surface area contributed by atoms with Crippen LogP contribution in [0.1, 0.15) is 43.0 Å². The van der Waals surface area contributed by atoms with Crippen LogP contribution < -0.4 is 16.7 Å². The number of esters is 2. The van der Waals surface area contributed by atoms with Crippen molar-refractivity contribution < 1.29 is 65.8 Å². The molecular formula is C32H33F4N5O12. The number of amides is 1. The molecule has 5 rings (SSSR count). The maximum absolute atomic E-state index is 15.0. The molecule has 0 radical (unpaired) electrons. The number of halogens is 4. The van der Waals surface area contributed by atoms with Crippen LogP contribution >= 0.6 is 0 Å². The van der Waals surface area contributed by atoms with Crippen LogP contribution in [0.15, 0.2) is 64.4 Å². The van der Waals surface area contributed by atoms with E-state index in [-0.39, 0.29) is 24.5 Å². The normalized spacial score (nSPS) is 24.4. The highest BCUT2D eigenvalue weighted by molar-refractivity contribution is 5.83. The van der Waals surface area contributed by atoms with Crippen molar-refractivity contribution in [1.29, 1.82) is 0 Å². The smallest absolute Gasteiger partial charge is 0.413 e. The Morgan fingerprint density at radius 1 is 0.792 bits per heavy atom. The lowest BCUT2D eigenvalue weighted by atomic mass is 10.1. The predicted octanol–water partition coefficient (Wildman–Crippen LogP) is 1.60. The van der Waals surface area contributed by atoms with Crippen LogP contribution in [0.25, 0.3) is 0 Å². The molecule has 0 aliphatic carbocycles. The van der Waals surface area contributed by atoms with Gasteiger partial charge in [-0.3, -0.25) is 24.0 Å². The number of rotatable bonds is 13. The lowest BCUT2D eigenvalue weighted by molar-refractivity contribution is -0.152. The van der Waals surface area contributed by atoms with E-state index in [9.17, 15) is 51.7 Å². The molecule has 1 amide bonds. The number of carbonyl (C=O) groups excluding carboxylic acids is 3. The molecule has 0 saturated carbocycles. The molecule has 1 aromatic carbocycles. The maximum Gasteiger partial charge on any atom is 0.413 e. The number of anilines is 1. The third kappa shape index (κ3) is 9.04. The molecule has 2 aliphatic heterocycles. The zero-order valence-corrected chi connectivity index (χ0v) is 27.7. The maximum atomic E-state index is 15.0. The monoisotopic (exact) mass is 755 g/mol. The van der Waals surface area contributed by atoms with Gasteiger partial charge in [-0.25, -0.2) is 14.4 Å². The number of aliphatic hydroxyl groups is 2. The van der Waals surface area contributed by atoms with Crippen molar-refractivity contribution in [2.75, 3.05) is 18.5 Å². The molecule has 0 unspecified atom stereocenters. The first-order valence-electron chi connectivity index (χ1n) is 15.9. The van der Waals surface area contributed by atoms with Gasteiger partial charge in [0.25, 0.3) is 0 Å². The first-order chi connectivity index (χ1) is 25.1. The second-order valence-electron chi connectivity index (χ2n) is 12.0. The summed E-state index contributed by atoms with van der Waals surface area (Å²) in [6.07, 6.45) is -13.1. The van der Waals surface area contributed by atoms with E-state index in [1.165, 1.54) is 13.0 Å². The SMILES string of the molecule is Cc1ccn([C@@H]2O[C@H](COC(=O)CCCC(=O)OC[C@H]3O[C@@H](n4ccc(NC(=O)OCc5ccccc5)nc4=O)C(F)(F)[C@@H]3O)[C@@H](O)C2(F)F)c(=O)n1. The van der Waals surface area contributed by atoms with Gasteiger partial charge >= 0.3 is 41.3 Å². The van der Waals surface area contributed by atoms with Crippen molar-refractivity contribution in [3.63, 3.8) is 0 Å². The number of benzene rings is 1. The van der Waals surface area contributed by atoms with Gasteiger partial charge in [0.2, 0.25) is 12.5 Å². The summed E-state index contributed by atoms with van der Waals surface area (Å²) in [5, 5.41) is 22.5. The zero-order chi connectivity index (χ0) is 38.5. The number of ether oxygens (including phenoxy) is 5. The number of nitrogens with one attached hydrogen (secondary N) is 1. The Balaban J connectivity index is 1.04. The Labute approximate surface area is 296 Å². The van der Waals surface area contributed by atoms with Crippen LogP contribution in [0, 0.1) is 6.92 Å². The fourth-order valence-corrected chi connectivity index (χ4v) is 5.28. The van der Waals surface area contributed by atoms with Gasteiger partial charge in [0.05, 0.1) is 0 Å². The summed E-state index contributed by atoms with van der Waals surface area (Å²) < 4.78 is 85.3. The Bertz CT molecular complexity index is 1910. The Hall–Kier alpha value is -5.25.